The fourth-order valence-corrected chi connectivity index (χ4v) is 6.27. The van der Waals surface area contributed by atoms with E-state index in [0.717, 1.165) is 17.1 Å². The lowest BCUT2D eigenvalue weighted by molar-refractivity contribution is -0.141. The van der Waals surface area contributed by atoms with Crippen molar-refractivity contribution in [3.8, 4) is 0 Å². The molecule has 1 saturated carbocycles. The van der Waals surface area contributed by atoms with Gasteiger partial charge in [-0.2, -0.15) is 4.31 Å². The average molecular weight is 374 g/mol. The predicted octanol–water partition coefficient (Wildman–Crippen LogP) is 0.222. The third-order valence-corrected chi connectivity index (χ3v) is 7.79. The molecule has 1 aromatic rings. The number of carboxylic acid groups (broad SMARTS) is 1. The molecule has 132 valence electrons. The number of rotatable bonds is 6. The third-order valence-electron chi connectivity index (χ3n) is 4.16. The molecule has 2 fully saturated rings. The standard InChI is InChI=1S/C14H18N2O6S2/c17-14(18)10-7-8-16(9-10)24(21,22)13-4-2-1-3-12(13)23(19,20)15-11-5-6-11/h1-4,10-11,15H,5-9H2,(H,17,18). The molecule has 1 unspecified atom stereocenters. The van der Waals surface area contributed by atoms with Gasteiger partial charge < -0.3 is 5.11 Å². The van der Waals surface area contributed by atoms with Gasteiger partial charge >= 0.3 is 5.97 Å². The molecule has 1 atom stereocenters. The van der Waals surface area contributed by atoms with Crippen LogP contribution in [-0.4, -0.2) is 51.3 Å². The Morgan fingerprint density at radius 3 is 2.25 bits per heavy atom. The summed E-state index contributed by atoms with van der Waals surface area (Å²) in [6, 6.07) is 5.26. The Hall–Kier alpha value is -1.49. The molecule has 1 aliphatic carbocycles. The van der Waals surface area contributed by atoms with Crippen LogP contribution < -0.4 is 4.72 Å². The highest BCUT2D eigenvalue weighted by Gasteiger charge is 2.39. The molecule has 24 heavy (non-hydrogen) atoms. The third kappa shape index (κ3) is 3.32. The van der Waals surface area contributed by atoms with Gasteiger partial charge in [0.05, 0.1) is 5.92 Å². The molecule has 1 aromatic carbocycles. The highest BCUT2D eigenvalue weighted by Crippen LogP contribution is 2.30. The second kappa shape index (κ2) is 6.10. The quantitative estimate of drug-likeness (QED) is 0.735. The van der Waals surface area contributed by atoms with Crippen LogP contribution in [0.2, 0.25) is 0 Å². The molecule has 1 saturated heterocycles. The van der Waals surface area contributed by atoms with Gasteiger partial charge in [0.2, 0.25) is 20.0 Å². The van der Waals surface area contributed by atoms with Crippen molar-refractivity contribution in [2.45, 2.75) is 35.1 Å². The maximum absolute atomic E-state index is 12.8. The number of nitrogens with zero attached hydrogens (tertiary/aromatic N) is 1. The van der Waals surface area contributed by atoms with Crippen molar-refractivity contribution in [1.29, 1.82) is 0 Å². The number of benzene rings is 1. The molecule has 0 spiro atoms. The van der Waals surface area contributed by atoms with Gasteiger partial charge in [-0.1, -0.05) is 12.1 Å². The first-order valence-electron chi connectivity index (χ1n) is 7.56. The van der Waals surface area contributed by atoms with Crippen LogP contribution in [0.1, 0.15) is 19.3 Å². The Morgan fingerprint density at radius 2 is 1.71 bits per heavy atom. The molecule has 1 aliphatic heterocycles. The Labute approximate surface area is 140 Å². The van der Waals surface area contributed by atoms with Crippen molar-refractivity contribution >= 4 is 26.0 Å². The minimum absolute atomic E-state index is 0.0593. The van der Waals surface area contributed by atoms with Gasteiger partial charge in [0.25, 0.3) is 0 Å². The lowest BCUT2D eigenvalue weighted by Crippen LogP contribution is -2.33. The zero-order chi connectivity index (χ0) is 17.5. The highest BCUT2D eigenvalue weighted by atomic mass is 32.2. The van der Waals surface area contributed by atoms with E-state index in [1.54, 1.807) is 0 Å². The molecule has 0 bridgehead atoms. The number of nitrogens with one attached hydrogen (secondary N) is 1. The van der Waals surface area contributed by atoms with Crippen LogP contribution in [0, 0.1) is 5.92 Å². The van der Waals surface area contributed by atoms with Gasteiger partial charge in [0, 0.05) is 19.1 Å². The Bertz CT molecular complexity index is 861. The van der Waals surface area contributed by atoms with Crippen LogP contribution in [0.25, 0.3) is 0 Å². The second-order valence-corrected chi connectivity index (χ2v) is 9.62. The molecule has 3 rings (SSSR count). The zero-order valence-corrected chi connectivity index (χ0v) is 14.4. The van der Waals surface area contributed by atoms with Crippen LogP contribution in [0.15, 0.2) is 34.1 Å². The summed E-state index contributed by atoms with van der Waals surface area (Å²) in [6.45, 7) is -0.0914. The fourth-order valence-electron chi connectivity index (χ4n) is 2.66. The topological polar surface area (TPSA) is 121 Å². The monoisotopic (exact) mass is 374 g/mol. The Balaban J connectivity index is 1.96. The van der Waals surface area contributed by atoms with Crippen molar-refractivity contribution in [2.24, 2.45) is 5.92 Å². The van der Waals surface area contributed by atoms with E-state index < -0.39 is 31.9 Å². The molecule has 2 N–H and O–H groups in total. The van der Waals surface area contributed by atoms with Crippen LogP contribution >= 0.6 is 0 Å². The van der Waals surface area contributed by atoms with Gasteiger partial charge in [-0.05, 0) is 31.4 Å². The average Bonchev–Trinajstić information content (AvgIpc) is 3.17. The molecular formula is C14H18N2O6S2. The van der Waals surface area contributed by atoms with Crippen molar-refractivity contribution < 1.29 is 26.7 Å². The normalized spacial score (nSPS) is 22.6. The zero-order valence-electron chi connectivity index (χ0n) is 12.8. The number of hydrogen-bond acceptors (Lipinski definition) is 5. The number of carbonyl (C=O) groups is 1. The summed E-state index contributed by atoms with van der Waals surface area (Å²) in [6.07, 6.45) is 1.69. The van der Waals surface area contributed by atoms with Gasteiger partial charge in [-0.15, -0.1) is 0 Å². The van der Waals surface area contributed by atoms with Crippen LogP contribution in [0.3, 0.4) is 0 Å². The number of sulfonamides is 2. The van der Waals surface area contributed by atoms with E-state index in [1.165, 1.54) is 24.3 Å². The molecule has 10 heteroatoms. The molecule has 8 nitrogen and oxygen atoms in total. The first kappa shape index (κ1) is 17.3. The van der Waals surface area contributed by atoms with E-state index in [0.29, 0.717) is 0 Å². The summed E-state index contributed by atoms with van der Waals surface area (Å²) in [4.78, 5) is 10.4. The maximum Gasteiger partial charge on any atom is 0.307 e. The molecule has 0 aromatic heterocycles. The molecule has 0 amide bonds. The maximum atomic E-state index is 12.8. The van der Waals surface area contributed by atoms with Gasteiger partial charge in [0.15, 0.2) is 0 Å². The summed E-state index contributed by atoms with van der Waals surface area (Å²) >= 11 is 0. The van der Waals surface area contributed by atoms with Gasteiger partial charge in [-0.25, -0.2) is 21.6 Å². The highest BCUT2D eigenvalue weighted by molar-refractivity contribution is 7.92. The summed E-state index contributed by atoms with van der Waals surface area (Å²) in [5, 5.41) is 9.03. The SMILES string of the molecule is O=C(O)C1CCN(S(=O)(=O)c2ccccc2S(=O)(=O)NC2CC2)C1. The first-order valence-corrected chi connectivity index (χ1v) is 10.5. The smallest absolute Gasteiger partial charge is 0.307 e. The number of carboxylic acids is 1. The largest absolute Gasteiger partial charge is 0.481 e. The number of aliphatic carboxylic acids is 1. The van der Waals surface area contributed by atoms with Crippen molar-refractivity contribution in [3.63, 3.8) is 0 Å². The van der Waals surface area contributed by atoms with Gasteiger partial charge in [0.1, 0.15) is 9.79 Å². The first-order chi connectivity index (χ1) is 11.2. The summed E-state index contributed by atoms with van der Waals surface area (Å²) in [5.41, 5.74) is 0. The van der Waals surface area contributed by atoms with Crippen molar-refractivity contribution in [3.05, 3.63) is 24.3 Å². The van der Waals surface area contributed by atoms with Crippen LogP contribution in [-0.2, 0) is 24.8 Å². The Morgan fingerprint density at radius 1 is 1.08 bits per heavy atom. The summed E-state index contributed by atoms with van der Waals surface area (Å²) in [7, 11) is -8.03. The lowest BCUT2D eigenvalue weighted by atomic mass is 10.1. The lowest BCUT2D eigenvalue weighted by Gasteiger charge is -2.18. The molecule has 2 aliphatic rings. The summed E-state index contributed by atoms with van der Waals surface area (Å²) in [5.74, 6) is -1.82. The van der Waals surface area contributed by atoms with E-state index >= 15 is 0 Å². The van der Waals surface area contributed by atoms with Crippen molar-refractivity contribution in [1.82, 2.24) is 9.03 Å². The van der Waals surface area contributed by atoms with E-state index in [9.17, 15) is 21.6 Å². The van der Waals surface area contributed by atoms with E-state index in [-0.39, 0.29) is 35.3 Å². The van der Waals surface area contributed by atoms with E-state index in [4.69, 9.17) is 5.11 Å². The van der Waals surface area contributed by atoms with Gasteiger partial charge in [-0.3, -0.25) is 4.79 Å². The minimum atomic E-state index is -4.08. The summed E-state index contributed by atoms with van der Waals surface area (Å²) < 4.78 is 54.0. The Kier molecular flexibility index (Phi) is 4.41. The second-order valence-electron chi connectivity index (χ2n) is 6.03. The molecule has 1 heterocycles. The van der Waals surface area contributed by atoms with Crippen LogP contribution in [0.5, 0.6) is 0 Å². The minimum Gasteiger partial charge on any atom is -0.481 e. The fraction of sp³-hybridized carbons (Fsp3) is 0.500. The predicted molar refractivity (Wildman–Crippen MR) is 84.3 cm³/mol. The molecular weight excluding hydrogens is 356 g/mol. The molecule has 0 radical (unpaired) electrons. The van der Waals surface area contributed by atoms with E-state index in [1.807, 2.05) is 0 Å². The van der Waals surface area contributed by atoms with Crippen LogP contribution in [0.4, 0.5) is 0 Å². The number of hydrogen-bond donors (Lipinski definition) is 2. The van der Waals surface area contributed by atoms with E-state index in [2.05, 4.69) is 4.72 Å². The van der Waals surface area contributed by atoms with Crippen molar-refractivity contribution in [2.75, 3.05) is 13.1 Å².